The molecule has 0 unspecified atom stereocenters. The molecule has 0 heterocycles. The van der Waals surface area contributed by atoms with Crippen LogP contribution in [0.25, 0.3) is 0 Å². The first kappa shape index (κ1) is 18.5. The maximum absolute atomic E-state index is 12.7. The number of sulfonamides is 1. The predicted molar refractivity (Wildman–Crippen MR) is 85.3 cm³/mol. The number of non-ortho nitro benzene ring substituents is 1. The lowest BCUT2D eigenvalue weighted by Gasteiger charge is -2.26. The van der Waals surface area contributed by atoms with Gasteiger partial charge in [-0.05, 0) is 19.9 Å². The van der Waals surface area contributed by atoms with Gasteiger partial charge in [0.2, 0.25) is 10.0 Å². The first-order valence-electron chi connectivity index (χ1n) is 7.16. The van der Waals surface area contributed by atoms with E-state index in [1.165, 1.54) is 22.5 Å². The molecule has 0 atom stereocenters. The lowest BCUT2D eigenvalue weighted by molar-refractivity contribution is -0.385. The van der Waals surface area contributed by atoms with Crippen molar-refractivity contribution in [3.63, 3.8) is 0 Å². The molecule has 0 radical (unpaired) electrons. The Morgan fingerprint density at radius 1 is 1.27 bits per heavy atom. The summed E-state index contributed by atoms with van der Waals surface area (Å²) in [7, 11) is -3.77. The van der Waals surface area contributed by atoms with Crippen molar-refractivity contribution in [2.45, 2.75) is 44.7 Å². The standard InChI is InChI=1S/C14H23N3O4S/c1-11(2)15-8-9-16(12(3)4)22(20,21)14-7-5-6-13(10-14)17(18)19/h5-7,10-12,15H,8-9H2,1-4H3. The monoisotopic (exact) mass is 329 g/mol. The second-order valence-corrected chi connectivity index (χ2v) is 7.46. The van der Waals surface area contributed by atoms with Crippen LogP contribution in [0.3, 0.4) is 0 Å². The number of benzene rings is 1. The molecule has 22 heavy (non-hydrogen) atoms. The third kappa shape index (κ3) is 4.75. The van der Waals surface area contributed by atoms with Gasteiger partial charge in [0, 0.05) is 37.3 Å². The van der Waals surface area contributed by atoms with Gasteiger partial charge in [-0.15, -0.1) is 0 Å². The van der Waals surface area contributed by atoms with E-state index >= 15 is 0 Å². The van der Waals surface area contributed by atoms with Crippen molar-refractivity contribution in [3.05, 3.63) is 34.4 Å². The molecule has 1 aromatic rings. The highest BCUT2D eigenvalue weighted by Gasteiger charge is 2.27. The fourth-order valence-corrected chi connectivity index (χ4v) is 3.69. The van der Waals surface area contributed by atoms with Crippen LogP contribution < -0.4 is 5.32 Å². The fourth-order valence-electron chi connectivity index (χ4n) is 2.01. The smallest absolute Gasteiger partial charge is 0.270 e. The van der Waals surface area contributed by atoms with Crippen molar-refractivity contribution in [2.75, 3.05) is 13.1 Å². The Bertz CT molecular complexity index is 614. The van der Waals surface area contributed by atoms with Crippen LogP contribution in [0.15, 0.2) is 29.2 Å². The Morgan fingerprint density at radius 2 is 1.91 bits per heavy atom. The summed E-state index contributed by atoms with van der Waals surface area (Å²) in [6.07, 6.45) is 0. The summed E-state index contributed by atoms with van der Waals surface area (Å²) in [6.45, 7) is 8.35. The molecule has 124 valence electrons. The SMILES string of the molecule is CC(C)NCCN(C(C)C)S(=O)(=O)c1cccc([N+](=O)[O-])c1. The summed E-state index contributed by atoms with van der Waals surface area (Å²) < 4.78 is 26.7. The Labute approximate surface area is 131 Å². The highest BCUT2D eigenvalue weighted by atomic mass is 32.2. The van der Waals surface area contributed by atoms with Crippen LogP contribution in [-0.2, 0) is 10.0 Å². The van der Waals surface area contributed by atoms with Crippen LogP contribution in [0.2, 0.25) is 0 Å². The van der Waals surface area contributed by atoms with Gasteiger partial charge in [-0.3, -0.25) is 10.1 Å². The maximum atomic E-state index is 12.7. The highest BCUT2D eigenvalue weighted by molar-refractivity contribution is 7.89. The van der Waals surface area contributed by atoms with E-state index < -0.39 is 14.9 Å². The van der Waals surface area contributed by atoms with E-state index in [4.69, 9.17) is 0 Å². The van der Waals surface area contributed by atoms with E-state index in [0.29, 0.717) is 13.1 Å². The second kappa shape index (κ2) is 7.66. The molecule has 1 N–H and O–H groups in total. The van der Waals surface area contributed by atoms with Crippen molar-refractivity contribution < 1.29 is 13.3 Å². The van der Waals surface area contributed by atoms with Gasteiger partial charge < -0.3 is 5.32 Å². The molecule has 1 rings (SSSR count). The number of hydrogen-bond donors (Lipinski definition) is 1. The number of rotatable bonds is 8. The van der Waals surface area contributed by atoms with Gasteiger partial charge in [-0.1, -0.05) is 19.9 Å². The molecule has 0 aliphatic rings. The molecular formula is C14H23N3O4S. The average molecular weight is 329 g/mol. The molecule has 0 aliphatic heterocycles. The normalized spacial score (nSPS) is 12.3. The summed E-state index contributed by atoms with van der Waals surface area (Å²) in [4.78, 5) is 10.2. The van der Waals surface area contributed by atoms with Gasteiger partial charge in [0.05, 0.1) is 9.82 Å². The Kier molecular flexibility index (Phi) is 6.46. The molecule has 0 amide bonds. The first-order chi connectivity index (χ1) is 10.2. The molecule has 0 saturated carbocycles. The zero-order valence-corrected chi connectivity index (χ0v) is 14.1. The van der Waals surface area contributed by atoms with Crippen LogP contribution in [0, 0.1) is 10.1 Å². The Hall–Kier alpha value is -1.51. The zero-order valence-electron chi connectivity index (χ0n) is 13.3. The van der Waals surface area contributed by atoms with Gasteiger partial charge in [0.15, 0.2) is 0 Å². The molecule has 1 aromatic carbocycles. The molecule has 0 fully saturated rings. The molecule has 0 saturated heterocycles. The third-order valence-electron chi connectivity index (χ3n) is 3.10. The van der Waals surface area contributed by atoms with Crippen molar-refractivity contribution in [3.8, 4) is 0 Å². The minimum Gasteiger partial charge on any atom is -0.313 e. The summed E-state index contributed by atoms with van der Waals surface area (Å²) in [5.41, 5.74) is -0.231. The highest BCUT2D eigenvalue weighted by Crippen LogP contribution is 2.22. The van der Waals surface area contributed by atoms with Crippen LogP contribution in [0.1, 0.15) is 27.7 Å². The van der Waals surface area contributed by atoms with E-state index in [1.807, 2.05) is 13.8 Å². The van der Waals surface area contributed by atoms with Gasteiger partial charge in [0.1, 0.15) is 0 Å². The Balaban J connectivity index is 3.06. The number of nitrogens with one attached hydrogen (secondary N) is 1. The molecule has 0 spiro atoms. The summed E-state index contributed by atoms with van der Waals surface area (Å²) in [5, 5.41) is 14.0. The van der Waals surface area contributed by atoms with E-state index in [-0.39, 0.29) is 22.7 Å². The maximum Gasteiger partial charge on any atom is 0.270 e. The zero-order chi connectivity index (χ0) is 16.9. The van der Waals surface area contributed by atoms with Crippen molar-refractivity contribution >= 4 is 15.7 Å². The molecule has 7 nitrogen and oxygen atoms in total. The van der Waals surface area contributed by atoms with Crippen molar-refractivity contribution in [1.29, 1.82) is 0 Å². The number of nitro benzene ring substituents is 1. The second-order valence-electron chi connectivity index (χ2n) is 5.57. The first-order valence-corrected chi connectivity index (χ1v) is 8.60. The van der Waals surface area contributed by atoms with E-state index in [2.05, 4.69) is 5.32 Å². The number of nitro groups is 1. The average Bonchev–Trinajstić information content (AvgIpc) is 2.42. The largest absolute Gasteiger partial charge is 0.313 e. The van der Waals surface area contributed by atoms with Crippen LogP contribution >= 0.6 is 0 Å². The predicted octanol–water partition coefficient (Wildman–Crippen LogP) is 1.99. The molecule has 0 bridgehead atoms. The molecule has 8 heteroatoms. The van der Waals surface area contributed by atoms with Gasteiger partial charge in [-0.25, -0.2) is 8.42 Å². The lowest BCUT2D eigenvalue weighted by Crippen LogP contribution is -2.42. The topological polar surface area (TPSA) is 92.6 Å². The van der Waals surface area contributed by atoms with E-state index in [1.54, 1.807) is 13.8 Å². The summed E-state index contributed by atoms with van der Waals surface area (Å²) in [6, 6.07) is 5.16. The minimum absolute atomic E-state index is 0.0556. The molecular weight excluding hydrogens is 306 g/mol. The lowest BCUT2D eigenvalue weighted by atomic mass is 10.3. The van der Waals surface area contributed by atoms with Crippen LogP contribution in [0.4, 0.5) is 5.69 Å². The summed E-state index contributed by atoms with van der Waals surface area (Å²) >= 11 is 0. The van der Waals surface area contributed by atoms with Gasteiger partial charge in [0.25, 0.3) is 5.69 Å². The van der Waals surface area contributed by atoms with E-state index in [0.717, 1.165) is 6.07 Å². The van der Waals surface area contributed by atoms with Crippen LogP contribution in [0.5, 0.6) is 0 Å². The molecule has 0 aromatic heterocycles. The number of nitrogens with zero attached hydrogens (tertiary/aromatic N) is 2. The number of hydrogen-bond acceptors (Lipinski definition) is 5. The summed E-state index contributed by atoms with van der Waals surface area (Å²) in [5.74, 6) is 0. The third-order valence-corrected chi connectivity index (χ3v) is 5.17. The van der Waals surface area contributed by atoms with Crippen molar-refractivity contribution in [1.82, 2.24) is 9.62 Å². The Morgan fingerprint density at radius 3 is 2.41 bits per heavy atom. The van der Waals surface area contributed by atoms with Crippen LogP contribution in [-0.4, -0.2) is 42.8 Å². The minimum atomic E-state index is -3.77. The van der Waals surface area contributed by atoms with Gasteiger partial charge >= 0.3 is 0 Å². The molecule has 0 aliphatic carbocycles. The quantitative estimate of drug-likeness (QED) is 0.581. The van der Waals surface area contributed by atoms with E-state index in [9.17, 15) is 18.5 Å². The van der Waals surface area contributed by atoms with Crippen molar-refractivity contribution in [2.24, 2.45) is 0 Å². The van der Waals surface area contributed by atoms with Gasteiger partial charge in [-0.2, -0.15) is 4.31 Å². The fraction of sp³-hybridized carbons (Fsp3) is 0.571.